The van der Waals surface area contributed by atoms with Gasteiger partial charge < -0.3 is 30.2 Å². The fourth-order valence-corrected chi connectivity index (χ4v) is 2.78. The monoisotopic (exact) mass is 493 g/mol. The van der Waals surface area contributed by atoms with E-state index in [1.54, 1.807) is 20.8 Å². The molecule has 0 heterocycles. The first-order chi connectivity index (χ1) is 16.5. The molecule has 0 aliphatic heterocycles. The van der Waals surface area contributed by atoms with Crippen molar-refractivity contribution in [3.8, 4) is 0 Å². The normalized spacial score (nSPS) is 12.6. The Morgan fingerprint density at radius 3 is 2.26 bits per heavy atom. The minimum absolute atomic E-state index is 0.0675. The molecule has 10 nitrogen and oxygen atoms in total. The molecule has 0 saturated carbocycles. The van der Waals surface area contributed by atoms with Crippen molar-refractivity contribution < 1.29 is 33.4 Å². The summed E-state index contributed by atoms with van der Waals surface area (Å²) in [7, 11) is 0. The number of carbonyl (C=O) groups excluding carboxylic acids is 4. The van der Waals surface area contributed by atoms with Gasteiger partial charge in [-0.2, -0.15) is 0 Å². The lowest BCUT2D eigenvalue weighted by atomic mass is 10.1. The third-order valence-corrected chi connectivity index (χ3v) is 4.62. The number of unbranched alkanes of at least 4 members (excludes halogenated alkanes) is 1. The molecule has 0 aromatic heterocycles. The highest BCUT2D eigenvalue weighted by Gasteiger charge is 2.26. The predicted octanol–water partition coefficient (Wildman–Crippen LogP) is 3.43. The van der Waals surface area contributed by atoms with Crippen molar-refractivity contribution in [2.45, 2.75) is 84.6 Å². The smallest absolute Gasteiger partial charge is 0.408 e. The van der Waals surface area contributed by atoms with E-state index in [0.717, 1.165) is 12.0 Å². The number of carbonyl (C=O) groups is 4. The van der Waals surface area contributed by atoms with E-state index in [-0.39, 0.29) is 26.2 Å². The van der Waals surface area contributed by atoms with E-state index in [2.05, 4.69) is 16.0 Å². The molecule has 3 N–H and O–H groups in total. The van der Waals surface area contributed by atoms with Crippen molar-refractivity contribution >= 4 is 24.1 Å². The first kappa shape index (κ1) is 29.7. The molecule has 0 aliphatic carbocycles. The SMILES string of the molecule is CCCCOC(=O)C(CCCNC(=O)OC(C)(C)C)NC(=O)C(C)NC(=O)OCc1ccccc1. The summed E-state index contributed by atoms with van der Waals surface area (Å²) in [5.41, 5.74) is 0.198. The highest BCUT2D eigenvalue weighted by molar-refractivity contribution is 5.89. The molecule has 2 unspecified atom stereocenters. The number of hydrogen-bond donors (Lipinski definition) is 3. The van der Waals surface area contributed by atoms with Gasteiger partial charge in [0, 0.05) is 6.54 Å². The van der Waals surface area contributed by atoms with Crippen molar-refractivity contribution in [2.24, 2.45) is 0 Å². The number of esters is 1. The summed E-state index contributed by atoms with van der Waals surface area (Å²) < 4.78 is 15.6. The molecule has 196 valence electrons. The maximum atomic E-state index is 12.6. The molecule has 10 heteroatoms. The Balaban J connectivity index is 2.56. The topological polar surface area (TPSA) is 132 Å². The Morgan fingerprint density at radius 2 is 1.63 bits per heavy atom. The van der Waals surface area contributed by atoms with Crippen LogP contribution in [0.15, 0.2) is 30.3 Å². The molecule has 35 heavy (non-hydrogen) atoms. The van der Waals surface area contributed by atoms with Gasteiger partial charge in [0.05, 0.1) is 6.61 Å². The molecule has 0 spiro atoms. The van der Waals surface area contributed by atoms with Crippen molar-refractivity contribution in [1.82, 2.24) is 16.0 Å². The zero-order valence-electron chi connectivity index (χ0n) is 21.3. The molecule has 1 rings (SSSR count). The number of benzene rings is 1. The van der Waals surface area contributed by atoms with Crippen LogP contribution in [0.25, 0.3) is 0 Å². The summed E-state index contributed by atoms with van der Waals surface area (Å²) in [4.78, 5) is 48.9. The third-order valence-electron chi connectivity index (χ3n) is 4.62. The molecule has 0 bridgehead atoms. The molecule has 0 fully saturated rings. The van der Waals surface area contributed by atoms with Crippen LogP contribution in [0.5, 0.6) is 0 Å². The maximum absolute atomic E-state index is 12.6. The van der Waals surface area contributed by atoms with Gasteiger partial charge in [-0.3, -0.25) is 4.79 Å². The van der Waals surface area contributed by atoms with Gasteiger partial charge in [-0.25, -0.2) is 14.4 Å². The van der Waals surface area contributed by atoms with Crippen molar-refractivity contribution in [2.75, 3.05) is 13.2 Å². The van der Waals surface area contributed by atoms with Gasteiger partial charge >= 0.3 is 18.2 Å². The Kier molecular flexibility index (Phi) is 13.2. The van der Waals surface area contributed by atoms with E-state index in [9.17, 15) is 19.2 Å². The van der Waals surface area contributed by atoms with E-state index >= 15 is 0 Å². The van der Waals surface area contributed by atoms with Crippen LogP contribution in [0.1, 0.15) is 65.9 Å². The van der Waals surface area contributed by atoms with Crippen LogP contribution < -0.4 is 16.0 Å². The van der Waals surface area contributed by atoms with Crippen molar-refractivity contribution in [3.05, 3.63) is 35.9 Å². The number of nitrogens with one attached hydrogen (secondary N) is 3. The lowest BCUT2D eigenvalue weighted by molar-refractivity contribution is -0.148. The van der Waals surface area contributed by atoms with E-state index in [1.807, 2.05) is 37.3 Å². The summed E-state index contributed by atoms with van der Waals surface area (Å²) in [5.74, 6) is -1.12. The lowest BCUT2D eigenvalue weighted by Crippen LogP contribution is -2.51. The highest BCUT2D eigenvalue weighted by Crippen LogP contribution is 2.07. The minimum atomic E-state index is -0.941. The summed E-state index contributed by atoms with van der Waals surface area (Å²) in [5, 5.41) is 7.69. The van der Waals surface area contributed by atoms with Crippen LogP contribution in [0, 0.1) is 0 Å². The number of alkyl carbamates (subject to hydrolysis) is 2. The molecule has 0 saturated heterocycles. The molecule has 2 atom stereocenters. The average molecular weight is 494 g/mol. The van der Waals surface area contributed by atoms with Gasteiger partial charge in [-0.05, 0) is 52.5 Å². The van der Waals surface area contributed by atoms with Crippen LogP contribution in [0.2, 0.25) is 0 Å². The predicted molar refractivity (Wildman–Crippen MR) is 130 cm³/mol. The highest BCUT2D eigenvalue weighted by atomic mass is 16.6. The minimum Gasteiger partial charge on any atom is -0.464 e. The summed E-state index contributed by atoms with van der Waals surface area (Å²) in [6.45, 7) is 9.31. The summed E-state index contributed by atoms with van der Waals surface area (Å²) in [6.07, 6.45) is 0.884. The maximum Gasteiger partial charge on any atom is 0.408 e. The number of rotatable bonds is 13. The largest absolute Gasteiger partial charge is 0.464 e. The van der Waals surface area contributed by atoms with Crippen LogP contribution in [-0.4, -0.2) is 54.9 Å². The first-order valence-corrected chi connectivity index (χ1v) is 11.9. The van der Waals surface area contributed by atoms with Crippen LogP contribution >= 0.6 is 0 Å². The van der Waals surface area contributed by atoms with Gasteiger partial charge in [0.2, 0.25) is 5.91 Å². The van der Waals surface area contributed by atoms with E-state index in [0.29, 0.717) is 12.8 Å². The average Bonchev–Trinajstić information content (AvgIpc) is 2.79. The Morgan fingerprint density at radius 1 is 0.943 bits per heavy atom. The Labute approximate surface area is 207 Å². The quantitative estimate of drug-likeness (QED) is 0.218. The summed E-state index contributed by atoms with van der Waals surface area (Å²) >= 11 is 0. The van der Waals surface area contributed by atoms with E-state index in [4.69, 9.17) is 14.2 Å². The standard InChI is InChI=1S/C25H39N3O7/c1-6-7-16-33-22(30)20(14-11-15-26-23(31)35-25(3,4)5)28-21(29)18(2)27-24(32)34-17-19-12-9-8-10-13-19/h8-10,12-13,18,20H,6-7,11,14-17H2,1-5H3,(H,26,31)(H,27,32)(H,28,29). The number of hydrogen-bond acceptors (Lipinski definition) is 7. The fraction of sp³-hybridized carbons (Fsp3) is 0.600. The Hall–Kier alpha value is -3.30. The molecular formula is C25H39N3O7. The molecule has 1 aromatic carbocycles. The van der Waals surface area contributed by atoms with Crippen LogP contribution in [0.4, 0.5) is 9.59 Å². The van der Waals surface area contributed by atoms with Crippen molar-refractivity contribution in [3.63, 3.8) is 0 Å². The van der Waals surface area contributed by atoms with E-state index in [1.165, 1.54) is 6.92 Å². The molecule has 0 aliphatic rings. The number of ether oxygens (including phenoxy) is 3. The fourth-order valence-electron chi connectivity index (χ4n) is 2.78. The van der Waals surface area contributed by atoms with Crippen LogP contribution in [0.3, 0.4) is 0 Å². The molecule has 1 aromatic rings. The second-order valence-electron chi connectivity index (χ2n) is 9.08. The molecule has 0 radical (unpaired) electrons. The van der Waals surface area contributed by atoms with Gasteiger partial charge in [-0.1, -0.05) is 43.7 Å². The van der Waals surface area contributed by atoms with Gasteiger partial charge in [0.1, 0.15) is 24.3 Å². The van der Waals surface area contributed by atoms with E-state index < -0.39 is 41.7 Å². The second kappa shape index (κ2) is 15.6. The zero-order chi connectivity index (χ0) is 26.3. The third kappa shape index (κ3) is 13.9. The number of amides is 3. The molecular weight excluding hydrogens is 454 g/mol. The summed E-state index contributed by atoms with van der Waals surface area (Å²) in [6, 6.07) is 7.28. The van der Waals surface area contributed by atoms with Crippen molar-refractivity contribution in [1.29, 1.82) is 0 Å². The zero-order valence-corrected chi connectivity index (χ0v) is 21.3. The molecule has 3 amide bonds. The van der Waals surface area contributed by atoms with Gasteiger partial charge in [0.25, 0.3) is 0 Å². The van der Waals surface area contributed by atoms with Gasteiger partial charge in [-0.15, -0.1) is 0 Å². The lowest BCUT2D eigenvalue weighted by Gasteiger charge is -2.21. The van der Waals surface area contributed by atoms with Gasteiger partial charge in [0.15, 0.2) is 0 Å². The first-order valence-electron chi connectivity index (χ1n) is 11.9. The van der Waals surface area contributed by atoms with Crippen LogP contribution in [-0.2, 0) is 30.4 Å². The Bertz CT molecular complexity index is 809. The second-order valence-corrected chi connectivity index (χ2v) is 9.08.